The minimum absolute atomic E-state index is 0.0215. The molecule has 6 aromatic rings. The van der Waals surface area contributed by atoms with Crippen LogP contribution in [0.2, 0.25) is 0 Å². The van der Waals surface area contributed by atoms with E-state index in [0.717, 1.165) is 38.5 Å². The summed E-state index contributed by atoms with van der Waals surface area (Å²) in [5, 5.41) is 3.84. The molecule has 30 heteroatoms. The van der Waals surface area contributed by atoms with Gasteiger partial charge in [0.25, 0.3) is 65.8 Å². The molecule has 0 N–H and O–H groups in total. The number of nitrogens with zero attached hydrogens (tertiary/aromatic N) is 3. The van der Waals surface area contributed by atoms with Crippen molar-refractivity contribution in [2.24, 2.45) is 50.2 Å². The van der Waals surface area contributed by atoms with Crippen molar-refractivity contribution in [1.82, 2.24) is 15.2 Å². The minimum Gasteiger partial charge on any atom is -0.494 e. The summed E-state index contributed by atoms with van der Waals surface area (Å²) in [5.74, 6) is -6.16. The van der Waals surface area contributed by atoms with Crippen molar-refractivity contribution in [3.05, 3.63) is 124 Å². The average Bonchev–Trinajstić information content (AvgIpc) is 1.50. The Balaban J connectivity index is 0.000000148. The summed E-state index contributed by atoms with van der Waals surface area (Å²) in [6.07, 6.45) is 11.6. The van der Waals surface area contributed by atoms with Gasteiger partial charge >= 0.3 is 0 Å². The molecular formula is C83H95N3O24S3. The molecule has 604 valence electrons. The van der Waals surface area contributed by atoms with Gasteiger partial charge in [0.15, 0.2) is 5.78 Å². The van der Waals surface area contributed by atoms with Gasteiger partial charge in [-0.1, -0.05) is 124 Å². The lowest BCUT2D eigenvalue weighted by Gasteiger charge is -2.36. The molecule has 9 aliphatic rings. The minimum atomic E-state index is -4.50. The molecule has 3 heterocycles. The Labute approximate surface area is 656 Å². The van der Waals surface area contributed by atoms with Gasteiger partial charge in [-0.3, -0.25) is 47.9 Å². The van der Waals surface area contributed by atoms with E-state index in [2.05, 4.69) is 6.92 Å². The zero-order chi connectivity index (χ0) is 81.3. The molecule has 0 aromatic heterocycles. The summed E-state index contributed by atoms with van der Waals surface area (Å²) in [6.45, 7) is 17.0. The Morgan fingerprint density at radius 2 is 0.735 bits per heavy atom. The van der Waals surface area contributed by atoms with Gasteiger partial charge in [0.05, 0.1) is 93.3 Å². The van der Waals surface area contributed by atoms with Crippen LogP contribution in [0.4, 0.5) is 0 Å². The third-order valence-corrected chi connectivity index (χ3v) is 29.7. The fourth-order valence-corrected chi connectivity index (χ4v) is 24.2. The summed E-state index contributed by atoms with van der Waals surface area (Å²) >= 11 is 0. The molecule has 6 aliphatic carbocycles. The van der Waals surface area contributed by atoms with Crippen molar-refractivity contribution >= 4 is 121 Å². The SMILES string of the molecule is CCC(=O)COc1cc2c3c(cccc3c1)C(=O)N(OS(=O)(=O)CC13CCC(CC1=O)C3(C)C)C2=O.CCCCCCCCOc1cc2c3c(cccc3c1)C(=O)N(OS(=O)(=O)CC13CCC(CC1=O)C3(C)C)C2=O.COCCOCCOc1cc2c3c(cccc3c1)C(=O)N(OS(=O)(=O)CC13CCC(CC1=O)C3(C)C)C2=O. The molecule has 6 aromatic carbocycles. The van der Waals surface area contributed by atoms with Crippen LogP contribution >= 0.6 is 0 Å². The van der Waals surface area contributed by atoms with Crippen molar-refractivity contribution < 1.29 is 110 Å². The highest BCUT2D eigenvalue weighted by atomic mass is 32.2. The Morgan fingerprint density at radius 1 is 0.407 bits per heavy atom. The number of carbonyl (C=O) groups is 10. The first-order valence-corrected chi connectivity index (χ1v) is 43.3. The van der Waals surface area contributed by atoms with Crippen molar-refractivity contribution in [2.45, 2.75) is 158 Å². The summed E-state index contributed by atoms with van der Waals surface area (Å²) in [5.41, 5.74) is -4.17. The predicted molar refractivity (Wildman–Crippen MR) is 411 cm³/mol. The number of carbonyl (C=O) groups excluding carboxylic acids is 10. The molecule has 6 amide bonds. The van der Waals surface area contributed by atoms with E-state index in [4.69, 9.17) is 36.5 Å². The molecular weight excluding hydrogens is 1520 g/mol. The second-order valence-electron chi connectivity index (χ2n) is 32.9. The van der Waals surface area contributed by atoms with Gasteiger partial charge in [0.2, 0.25) is 0 Å². The third kappa shape index (κ3) is 14.8. The highest BCUT2D eigenvalue weighted by molar-refractivity contribution is 7.87. The number of amides is 6. The van der Waals surface area contributed by atoms with Crippen molar-refractivity contribution in [3.63, 3.8) is 0 Å². The van der Waals surface area contributed by atoms with Crippen LogP contribution < -0.4 is 14.2 Å². The summed E-state index contributed by atoms with van der Waals surface area (Å²) < 4.78 is 123. The lowest BCUT2D eigenvalue weighted by molar-refractivity contribution is -0.128. The standard InChI is InChI=1S/C30H37NO7S.C27H31NO9S.C26H27NO8S/c1-4-5-6-7-8-9-15-37-22-16-20-11-10-12-23-26(20)24(18-22)28(34)31(27(23)33)38-39(35,36)19-30-14-13-21(17-25(30)32)29(30,2)3;1-26(2)18-7-8-27(26,22(29)14-18)16-38(32,33)37-28-24(30)20-6-4-5-17-13-19(15-21(23(17)20)25(28)31)36-12-11-35-10-9-34-3;1-4-17(28)13-34-18-10-15-6-5-7-19-22(15)20(12-18)24(31)27(23(19)30)35-36(32,33)14-26-9-8-16(11-21(26)29)25(26,2)3/h10-12,16,18,21H,4-9,13-15,17,19H2,1-3H3;4-6,13,15,18H,7-12,14,16H2,1-3H3;5-7,10,12,16H,4,8-9,11,13-14H2,1-3H3. The number of fused-ring (bicyclic) bond motifs is 6. The largest absolute Gasteiger partial charge is 0.494 e. The molecule has 0 spiro atoms. The molecule has 27 nitrogen and oxygen atoms in total. The Morgan fingerprint density at radius 3 is 1.06 bits per heavy atom. The number of hydrogen-bond acceptors (Lipinski definition) is 24. The van der Waals surface area contributed by atoms with Crippen molar-refractivity contribution in [1.29, 1.82) is 0 Å². The van der Waals surface area contributed by atoms with Crippen LogP contribution in [-0.2, 0) is 71.9 Å². The quantitative estimate of drug-likeness (QED) is 0.0288. The number of imide groups is 3. The van der Waals surface area contributed by atoms with E-state index in [1.165, 1.54) is 43.5 Å². The molecule has 6 fully saturated rings. The monoisotopic (exact) mass is 1610 g/mol. The summed E-state index contributed by atoms with van der Waals surface area (Å²) in [4.78, 5) is 130. The van der Waals surface area contributed by atoms with Crippen LogP contribution in [0, 0.1) is 50.2 Å². The van der Waals surface area contributed by atoms with E-state index < -0.39 is 116 Å². The maximum Gasteiger partial charge on any atom is 0.289 e. The van der Waals surface area contributed by atoms with E-state index in [9.17, 15) is 73.2 Å². The molecule has 6 bridgehead atoms. The number of hydroxylamine groups is 6. The normalized spacial score (nSPS) is 24.1. The van der Waals surface area contributed by atoms with Crippen LogP contribution in [-0.4, -0.2) is 163 Å². The molecule has 6 unspecified atom stereocenters. The average molecular weight is 1610 g/mol. The number of unbranched alkanes of at least 4 members (excludes halogenated alkanes) is 5. The van der Waals surface area contributed by atoms with Crippen LogP contribution in [0.1, 0.15) is 220 Å². The molecule has 0 radical (unpaired) electrons. The Hall–Kier alpha value is -8.75. The van der Waals surface area contributed by atoms with E-state index in [1.54, 1.807) is 80.8 Å². The number of methoxy groups -OCH3 is 1. The van der Waals surface area contributed by atoms with E-state index in [0.29, 0.717) is 125 Å². The smallest absolute Gasteiger partial charge is 0.289 e. The van der Waals surface area contributed by atoms with E-state index >= 15 is 0 Å². The van der Waals surface area contributed by atoms with Crippen LogP contribution in [0.15, 0.2) is 91.0 Å². The number of ether oxygens (including phenoxy) is 5. The number of hydrogen-bond donors (Lipinski definition) is 0. The van der Waals surface area contributed by atoms with Gasteiger partial charge in [0, 0.05) is 49.0 Å². The number of Topliss-reactive ketones (excluding diaryl/α,β-unsaturated/α-hetero) is 4. The maximum atomic E-state index is 13.5. The third-order valence-electron chi connectivity index (χ3n) is 26.1. The molecule has 15 rings (SSSR count). The van der Waals surface area contributed by atoms with E-state index in [1.807, 2.05) is 41.5 Å². The second kappa shape index (κ2) is 31.1. The van der Waals surface area contributed by atoms with Crippen molar-refractivity contribution in [2.75, 3.05) is 64.0 Å². The maximum absolute atomic E-state index is 13.5. The van der Waals surface area contributed by atoms with Crippen LogP contribution in [0.3, 0.4) is 0 Å². The number of benzene rings is 6. The first-order chi connectivity index (χ1) is 53.4. The predicted octanol–water partition coefficient (Wildman–Crippen LogP) is 12.4. The summed E-state index contributed by atoms with van der Waals surface area (Å²) in [6, 6.07) is 24.1. The number of rotatable bonds is 31. The number of ketones is 4. The lowest BCUT2D eigenvalue weighted by atomic mass is 9.70. The van der Waals surface area contributed by atoms with Gasteiger partial charge in [-0.25, -0.2) is 0 Å². The first kappa shape index (κ1) is 82.2. The van der Waals surface area contributed by atoms with Gasteiger partial charge in [-0.15, -0.1) is 28.0 Å². The zero-order valence-corrected chi connectivity index (χ0v) is 67.4. The van der Waals surface area contributed by atoms with Crippen LogP contribution in [0.5, 0.6) is 17.2 Å². The van der Waals surface area contributed by atoms with Gasteiger partial charge < -0.3 is 23.7 Å². The van der Waals surface area contributed by atoms with Crippen molar-refractivity contribution in [3.8, 4) is 17.2 Å². The highest BCUT2D eigenvalue weighted by Crippen LogP contribution is 2.67. The molecule has 6 saturated carbocycles. The molecule has 113 heavy (non-hydrogen) atoms. The van der Waals surface area contributed by atoms with Gasteiger partial charge in [-0.2, -0.15) is 25.3 Å². The first-order valence-electron chi connectivity index (χ1n) is 38.6. The van der Waals surface area contributed by atoms with Gasteiger partial charge in [-0.05, 0) is 150 Å². The van der Waals surface area contributed by atoms with E-state index in [-0.39, 0.29) is 98.3 Å². The Kier molecular flexibility index (Phi) is 22.6. The topological polar surface area (TPSA) is 357 Å². The zero-order valence-electron chi connectivity index (χ0n) is 64.9. The van der Waals surface area contributed by atoms with Crippen LogP contribution in [0.25, 0.3) is 32.3 Å². The molecule has 0 saturated heterocycles. The lowest BCUT2D eigenvalue weighted by Crippen LogP contribution is -2.46. The molecule has 6 atom stereocenters. The summed E-state index contributed by atoms with van der Waals surface area (Å²) in [7, 11) is -11.9. The fourth-order valence-electron chi connectivity index (χ4n) is 19.1. The Bertz CT molecular complexity index is 5320. The fraction of sp³-hybridized carbons (Fsp3) is 0.518. The van der Waals surface area contributed by atoms with Gasteiger partial charge in [0.1, 0.15) is 47.8 Å². The second-order valence-corrected chi connectivity index (χ2v) is 37.6. The highest BCUT2D eigenvalue weighted by Gasteiger charge is 2.68. The molecule has 3 aliphatic heterocycles.